The first-order chi connectivity index (χ1) is 5.41. The molecule has 0 atom stereocenters. The van der Waals surface area contributed by atoms with Crippen LogP contribution in [0.3, 0.4) is 0 Å². The Bertz CT molecular complexity index is 244. The van der Waals surface area contributed by atoms with Gasteiger partial charge in [-0.25, -0.2) is 5.14 Å². The molecule has 5 nitrogen and oxygen atoms in total. The molecule has 0 spiro atoms. The zero-order valence-electron chi connectivity index (χ0n) is 7.13. The maximum Gasteiger partial charge on any atom is 0.274 e. The SMILES string of the molecule is CC1(NS(N)(=O)=O)CCNCC1. The van der Waals surface area contributed by atoms with Gasteiger partial charge >= 0.3 is 0 Å². The molecular formula is C6H15N3O2S. The van der Waals surface area contributed by atoms with Crippen molar-refractivity contribution in [2.24, 2.45) is 5.14 Å². The van der Waals surface area contributed by atoms with Crippen molar-refractivity contribution in [1.29, 1.82) is 0 Å². The molecule has 0 radical (unpaired) electrons. The highest BCUT2D eigenvalue weighted by molar-refractivity contribution is 7.87. The fraction of sp³-hybridized carbons (Fsp3) is 1.00. The van der Waals surface area contributed by atoms with E-state index in [1.54, 1.807) is 0 Å². The summed E-state index contributed by atoms with van der Waals surface area (Å²) >= 11 is 0. The van der Waals surface area contributed by atoms with E-state index in [1.165, 1.54) is 0 Å². The Morgan fingerprint density at radius 3 is 2.33 bits per heavy atom. The van der Waals surface area contributed by atoms with Crippen molar-refractivity contribution in [3.05, 3.63) is 0 Å². The summed E-state index contributed by atoms with van der Waals surface area (Å²) in [4.78, 5) is 0. The van der Waals surface area contributed by atoms with Gasteiger partial charge in [0.1, 0.15) is 0 Å². The number of piperidine rings is 1. The van der Waals surface area contributed by atoms with E-state index < -0.39 is 10.2 Å². The highest BCUT2D eigenvalue weighted by Gasteiger charge is 2.29. The van der Waals surface area contributed by atoms with E-state index in [0.717, 1.165) is 25.9 Å². The molecule has 1 rings (SSSR count). The number of nitrogens with two attached hydrogens (primary N) is 1. The van der Waals surface area contributed by atoms with Crippen LogP contribution in [0.5, 0.6) is 0 Å². The maximum absolute atomic E-state index is 10.8. The minimum atomic E-state index is -3.56. The molecular weight excluding hydrogens is 178 g/mol. The van der Waals surface area contributed by atoms with Gasteiger partial charge in [0.05, 0.1) is 0 Å². The highest BCUT2D eigenvalue weighted by atomic mass is 32.2. The van der Waals surface area contributed by atoms with Gasteiger partial charge in [0.15, 0.2) is 0 Å². The van der Waals surface area contributed by atoms with E-state index in [9.17, 15) is 8.42 Å². The molecule has 1 aliphatic rings. The first-order valence-corrected chi connectivity index (χ1v) is 5.48. The fourth-order valence-electron chi connectivity index (χ4n) is 1.42. The lowest BCUT2D eigenvalue weighted by atomic mass is 9.92. The van der Waals surface area contributed by atoms with E-state index in [4.69, 9.17) is 5.14 Å². The predicted octanol–water partition coefficient (Wildman–Crippen LogP) is -1.08. The molecule has 72 valence electrons. The molecule has 0 amide bonds. The van der Waals surface area contributed by atoms with Crippen LogP contribution in [0, 0.1) is 0 Å². The molecule has 1 fully saturated rings. The summed E-state index contributed by atoms with van der Waals surface area (Å²) in [7, 11) is -3.56. The first-order valence-electron chi connectivity index (χ1n) is 3.94. The minimum absolute atomic E-state index is 0.362. The lowest BCUT2D eigenvalue weighted by molar-refractivity contribution is 0.308. The van der Waals surface area contributed by atoms with Crippen molar-refractivity contribution in [3.8, 4) is 0 Å². The zero-order chi connectivity index (χ0) is 9.24. The van der Waals surface area contributed by atoms with Gasteiger partial charge in [-0.15, -0.1) is 0 Å². The van der Waals surface area contributed by atoms with Crippen molar-refractivity contribution in [2.45, 2.75) is 25.3 Å². The van der Waals surface area contributed by atoms with Crippen LogP contribution in [0.2, 0.25) is 0 Å². The molecule has 0 aromatic heterocycles. The van der Waals surface area contributed by atoms with Gasteiger partial charge in [0.25, 0.3) is 10.2 Å². The van der Waals surface area contributed by atoms with Crippen molar-refractivity contribution < 1.29 is 8.42 Å². The summed E-state index contributed by atoms with van der Waals surface area (Å²) in [5, 5.41) is 8.04. The van der Waals surface area contributed by atoms with Crippen LogP contribution < -0.4 is 15.2 Å². The summed E-state index contributed by atoms with van der Waals surface area (Å²) in [6, 6.07) is 0. The second kappa shape index (κ2) is 3.29. The average Bonchev–Trinajstić information content (AvgIpc) is 1.83. The molecule has 12 heavy (non-hydrogen) atoms. The Hall–Kier alpha value is -0.170. The molecule has 1 saturated heterocycles. The molecule has 0 aromatic carbocycles. The Labute approximate surface area is 72.9 Å². The van der Waals surface area contributed by atoms with Gasteiger partial charge in [-0.1, -0.05) is 0 Å². The second-order valence-corrected chi connectivity index (χ2v) is 4.75. The standard InChI is InChI=1S/C6H15N3O2S/c1-6(9-12(7,10)11)2-4-8-5-3-6/h8-9H,2-5H2,1H3,(H2,7,10,11). The predicted molar refractivity (Wildman–Crippen MR) is 46.8 cm³/mol. The highest BCUT2D eigenvalue weighted by Crippen LogP contribution is 2.17. The topological polar surface area (TPSA) is 84.2 Å². The second-order valence-electron chi connectivity index (χ2n) is 3.46. The van der Waals surface area contributed by atoms with Crippen LogP contribution in [0.4, 0.5) is 0 Å². The van der Waals surface area contributed by atoms with E-state index in [2.05, 4.69) is 10.0 Å². The molecule has 1 heterocycles. The Morgan fingerprint density at radius 2 is 1.92 bits per heavy atom. The summed E-state index contributed by atoms with van der Waals surface area (Å²) in [5.41, 5.74) is -0.362. The smallest absolute Gasteiger partial charge is 0.274 e. The van der Waals surface area contributed by atoms with Crippen molar-refractivity contribution in [2.75, 3.05) is 13.1 Å². The molecule has 0 bridgehead atoms. The largest absolute Gasteiger partial charge is 0.317 e. The third-order valence-electron chi connectivity index (χ3n) is 2.10. The molecule has 0 saturated carbocycles. The van der Waals surface area contributed by atoms with E-state index in [1.807, 2.05) is 6.92 Å². The van der Waals surface area contributed by atoms with Gasteiger partial charge in [0, 0.05) is 5.54 Å². The van der Waals surface area contributed by atoms with E-state index >= 15 is 0 Å². The number of hydrogen-bond acceptors (Lipinski definition) is 3. The van der Waals surface area contributed by atoms with Crippen LogP contribution in [-0.4, -0.2) is 27.0 Å². The van der Waals surface area contributed by atoms with Crippen LogP contribution in [0.15, 0.2) is 0 Å². The van der Waals surface area contributed by atoms with Crippen LogP contribution in [0.25, 0.3) is 0 Å². The third-order valence-corrected chi connectivity index (χ3v) is 2.87. The summed E-state index contributed by atoms with van der Waals surface area (Å²) in [6.07, 6.45) is 1.56. The van der Waals surface area contributed by atoms with Gasteiger partial charge in [-0.05, 0) is 32.9 Å². The number of hydrogen-bond donors (Lipinski definition) is 3. The van der Waals surface area contributed by atoms with Crippen molar-refractivity contribution in [3.63, 3.8) is 0 Å². The lowest BCUT2D eigenvalue weighted by Crippen LogP contribution is -2.53. The van der Waals surface area contributed by atoms with Crippen LogP contribution >= 0.6 is 0 Å². The van der Waals surface area contributed by atoms with Gasteiger partial charge in [-0.2, -0.15) is 13.1 Å². The average molecular weight is 193 g/mol. The van der Waals surface area contributed by atoms with E-state index in [-0.39, 0.29) is 5.54 Å². The Kier molecular flexibility index (Phi) is 2.72. The van der Waals surface area contributed by atoms with Gasteiger partial charge < -0.3 is 5.32 Å². The van der Waals surface area contributed by atoms with Gasteiger partial charge in [-0.3, -0.25) is 0 Å². The fourth-order valence-corrected chi connectivity index (χ4v) is 2.32. The van der Waals surface area contributed by atoms with Crippen molar-refractivity contribution >= 4 is 10.2 Å². The quantitative estimate of drug-likeness (QED) is 0.521. The summed E-state index contributed by atoms with van der Waals surface area (Å²) < 4.78 is 23.9. The minimum Gasteiger partial charge on any atom is -0.317 e. The lowest BCUT2D eigenvalue weighted by Gasteiger charge is -2.33. The maximum atomic E-state index is 10.8. The normalized spacial score (nSPS) is 23.8. The zero-order valence-corrected chi connectivity index (χ0v) is 7.95. The first kappa shape index (κ1) is 9.91. The van der Waals surface area contributed by atoms with Gasteiger partial charge in [0.2, 0.25) is 0 Å². The monoisotopic (exact) mass is 193 g/mol. The van der Waals surface area contributed by atoms with Crippen molar-refractivity contribution in [1.82, 2.24) is 10.0 Å². The number of nitrogens with one attached hydrogen (secondary N) is 2. The summed E-state index contributed by atoms with van der Waals surface area (Å²) in [5.74, 6) is 0. The Balaban J connectivity index is 2.59. The van der Waals surface area contributed by atoms with Crippen LogP contribution in [0.1, 0.15) is 19.8 Å². The molecule has 0 unspecified atom stereocenters. The molecule has 4 N–H and O–H groups in total. The van der Waals surface area contributed by atoms with E-state index in [0.29, 0.717) is 0 Å². The number of rotatable bonds is 2. The molecule has 6 heteroatoms. The molecule has 0 aliphatic carbocycles. The third kappa shape index (κ3) is 3.06. The molecule has 1 aliphatic heterocycles. The summed E-state index contributed by atoms with van der Waals surface area (Å²) in [6.45, 7) is 3.54. The van der Waals surface area contributed by atoms with Crippen LogP contribution in [-0.2, 0) is 10.2 Å². The molecule has 0 aromatic rings. The Morgan fingerprint density at radius 1 is 1.42 bits per heavy atom.